The van der Waals surface area contributed by atoms with Crippen molar-refractivity contribution in [3.05, 3.63) is 36.0 Å². The van der Waals surface area contributed by atoms with E-state index in [9.17, 15) is 13.9 Å². The van der Waals surface area contributed by atoms with Gasteiger partial charge in [-0.1, -0.05) is 12.8 Å². The summed E-state index contributed by atoms with van der Waals surface area (Å²) in [4.78, 5) is 3.95. The van der Waals surface area contributed by atoms with E-state index in [1.165, 1.54) is 12.3 Å². The van der Waals surface area contributed by atoms with Crippen LogP contribution < -0.4 is 5.32 Å². The number of aromatic nitrogens is 1. The number of rotatable bonds is 2. The zero-order valence-electron chi connectivity index (χ0n) is 10.9. The number of anilines is 1. The lowest BCUT2D eigenvalue weighted by atomic mass is 9.92. The zero-order chi connectivity index (χ0) is 14.1. The van der Waals surface area contributed by atoms with Crippen LogP contribution in [-0.4, -0.2) is 22.2 Å². The van der Waals surface area contributed by atoms with E-state index in [0.29, 0.717) is 11.1 Å². The minimum atomic E-state index is -0.673. The summed E-state index contributed by atoms with van der Waals surface area (Å²) in [6.07, 6.45) is 4.72. The third-order valence-corrected chi connectivity index (χ3v) is 3.83. The smallest absolute Gasteiger partial charge is 0.152 e. The van der Waals surface area contributed by atoms with Crippen LogP contribution in [-0.2, 0) is 0 Å². The number of pyridine rings is 1. The van der Waals surface area contributed by atoms with Crippen LogP contribution in [0.25, 0.3) is 10.9 Å². The van der Waals surface area contributed by atoms with Gasteiger partial charge in [0.25, 0.3) is 0 Å². The highest BCUT2D eigenvalue weighted by Gasteiger charge is 2.23. The summed E-state index contributed by atoms with van der Waals surface area (Å²) in [5.41, 5.74) is 0.751. The van der Waals surface area contributed by atoms with Crippen LogP contribution in [0.15, 0.2) is 24.4 Å². The molecule has 2 N–H and O–H groups in total. The molecule has 0 unspecified atom stereocenters. The Bertz CT molecular complexity index is 633. The SMILES string of the molecule is O[C@H]1CCCC[C@@H]1Nc1ccnc2c(F)cc(F)cc12. The molecule has 0 aliphatic heterocycles. The van der Waals surface area contributed by atoms with Gasteiger partial charge in [-0.2, -0.15) is 0 Å². The second-order valence-electron chi connectivity index (χ2n) is 5.24. The molecule has 5 heteroatoms. The van der Waals surface area contributed by atoms with Crippen LogP contribution in [0, 0.1) is 11.6 Å². The molecule has 2 aromatic rings. The Morgan fingerprint density at radius 2 is 2.00 bits per heavy atom. The van der Waals surface area contributed by atoms with Crippen LogP contribution in [0.5, 0.6) is 0 Å². The van der Waals surface area contributed by atoms with Crippen LogP contribution in [0.1, 0.15) is 25.7 Å². The van der Waals surface area contributed by atoms with Gasteiger partial charge in [-0.15, -0.1) is 0 Å². The third-order valence-electron chi connectivity index (χ3n) is 3.83. The van der Waals surface area contributed by atoms with Crippen molar-refractivity contribution in [2.75, 3.05) is 5.32 Å². The number of hydrogen-bond donors (Lipinski definition) is 2. The van der Waals surface area contributed by atoms with Gasteiger partial charge in [-0.3, -0.25) is 4.98 Å². The lowest BCUT2D eigenvalue weighted by Gasteiger charge is -2.29. The minimum Gasteiger partial charge on any atom is -0.391 e. The fourth-order valence-corrected chi connectivity index (χ4v) is 2.78. The Labute approximate surface area is 115 Å². The van der Waals surface area contributed by atoms with Crippen molar-refractivity contribution in [2.24, 2.45) is 0 Å². The number of halogens is 2. The van der Waals surface area contributed by atoms with Gasteiger partial charge in [-0.25, -0.2) is 8.78 Å². The molecule has 0 bridgehead atoms. The Kier molecular flexibility index (Phi) is 3.53. The second-order valence-corrected chi connectivity index (χ2v) is 5.24. The van der Waals surface area contributed by atoms with Crippen molar-refractivity contribution in [2.45, 2.75) is 37.8 Å². The van der Waals surface area contributed by atoms with E-state index in [4.69, 9.17) is 0 Å². The first-order chi connectivity index (χ1) is 9.65. The average Bonchev–Trinajstić information content (AvgIpc) is 2.42. The van der Waals surface area contributed by atoms with E-state index in [0.717, 1.165) is 31.7 Å². The molecule has 0 saturated heterocycles. The lowest BCUT2D eigenvalue weighted by molar-refractivity contribution is 0.116. The van der Waals surface area contributed by atoms with Gasteiger partial charge in [0.15, 0.2) is 5.82 Å². The second kappa shape index (κ2) is 5.32. The van der Waals surface area contributed by atoms with Crippen LogP contribution in [0.4, 0.5) is 14.5 Å². The number of fused-ring (bicyclic) bond motifs is 1. The quantitative estimate of drug-likeness (QED) is 0.886. The number of nitrogens with zero attached hydrogens (tertiary/aromatic N) is 1. The average molecular weight is 278 g/mol. The highest BCUT2D eigenvalue weighted by molar-refractivity contribution is 5.91. The summed E-state index contributed by atoms with van der Waals surface area (Å²) in [5, 5.41) is 13.6. The molecule has 1 saturated carbocycles. The summed E-state index contributed by atoms with van der Waals surface area (Å²) in [6.45, 7) is 0. The van der Waals surface area contributed by atoms with Gasteiger partial charge >= 0.3 is 0 Å². The Balaban J connectivity index is 1.99. The van der Waals surface area contributed by atoms with Gasteiger partial charge in [0.05, 0.1) is 12.1 Å². The van der Waals surface area contributed by atoms with Crippen molar-refractivity contribution in [3.8, 4) is 0 Å². The van der Waals surface area contributed by atoms with Crippen LogP contribution in [0.2, 0.25) is 0 Å². The molecule has 106 valence electrons. The fraction of sp³-hybridized carbons (Fsp3) is 0.400. The predicted molar refractivity (Wildman–Crippen MR) is 73.5 cm³/mol. The fourth-order valence-electron chi connectivity index (χ4n) is 2.78. The number of benzene rings is 1. The van der Waals surface area contributed by atoms with Crippen molar-refractivity contribution >= 4 is 16.6 Å². The maximum Gasteiger partial charge on any atom is 0.152 e. The van der Waals surface area contributed by atoms with Crippen LogP contribution in [0.3, 0.4) is 0 Å². The van der Waals surface area contributed by atoms with Crippen molar-refractivity contribution < 1.29 is 13.9 Å². The van der Waals surface area contributed by atoms with E-state index < -0.39 is 17.7 Å². The van der Waals surface area contributed by atoms with E-state index >= 15 is 0 Å². The predicted octanol–water partition coefficient (Wildman–Crippen LogP) is 3.23. The van der Waals surface area contributed by atoms with Gasteiger partial charge in [-0.05, 0) is 25.0 Å². The Morgan fingerprint density at radius 1 is 1.20 bits per heavy atom. The molecule has 1 aromatic carbocycles. The van der Waals surface area contributed by atoms with E-state index in [1.807, 2.05) is 0 Å². The first kappa shape index (κ1) is 13.2. The van der Waals surface area contributed by atoms with Crippen molar-refractivity contribution in [1.82, 2.24) is 4.98 Å². The van der Waals surface area contributed by atoms with Gasteiger partial charge in [0.2, 0.25) is 0 Å². The third kappa shape index (κ3) is 2.45. The number of aliphatic hydroxyl groups excluding tert-OH is 1. The standard InChI is InChI=1S/C15H16F2N2O/c16-9-7-10-12(5-6-18-15(10)11(17)8-9)19-13-3-1-2-4-14(13)20/h5-8,13-14,20H,1-4H2,(H,18,19)/t13-,14-/m0/s1. The van der Waals surface area contributed by atoms with E-state index in [-0.39, 0.29) is 11.6 Å². The molecular weight excluding hydrogens is 262 g/mol. The molecule has 1 aliphatic rings. The molecule has 0 spiro atoms. The first-order valence-electron chi connectivity index (χ1n) is 6.83. The maximum atomic E-state index is 13.7. The molecule has 3 nitrogen and oxygen atoms in total. The number of hydrogen-bond acceptors (Lipinski definition) is 3. The molecule has 1 aliphatic carbocycles. The topological polar surface area (TPSA) is 45.1 Å². The summed E-state index contributed by atoms with van der Waals surface area (Å²) in [7, 11) is 0. The monoisotopic (exact) mass is 278 g/mol. The normalized spacial score (nSPS) is 22.9. The zero-order valence-corrected chi connectivity index (χ0v) is 10.9. The van der Waals surface area contributed by atoms with Crippen molar-refractivity contribution in [1.29, 1.82) is 0 Å². The molecule has 2 atom stereocenters. The summed E-state index contributed by atoms with van der Waals surface area (Å²) < 4.78 is 27.1. The molecule has 0 amide bonds. The Hall–Kier alpha value is -1.75. The summed E-state index contributed by atoms with van der Waals surface area (Å²) in [6, 6.07) is 3.70. The van der Waals surface area contributed by atoms with E-state index in [1.54, 1.807) is 6.07 Å². The molecule has 1 aromatic heterocycles. The van der Waals surface area contributed by atoms with E-state index in [2.05, 4.69) is 10.3 Å². The number of aliphatic hydroxyl groups is 1. The molecule has 1 heterocycles. The molecule has 0 radical (unpaired) electrons. The molecule has 20 heavy (non-hydrogen) atoms. The summed E-state index contributed by atoms with van der Waals surface area (Å²) in [5.74, 6) is -1.30. The summed E-state index contributed by atoms with van der Waals surface area (Å²) >= 11 is 0. The Morgan fingerprint density at radius 3 is 2.80 bits per heavy atom. The van der Waals surface area contributed by atoms with Crippen LogP contribution >= 0.6 is 0 Å². The molecular formula is C15H16F2N2O. The molecule has 3 rings (SSSR count). The van der Waals surface area contributed by atoms with Crippen molar-refractivity contribution in [3.63, 3.8) is 0 Å². The maximum absolute atomic E-state index is 13.7. The highest BCUT2D eigenvalue weighted by Crippen LogP contribution is 2.28. The number of nitrogens with one attached hydrogen (secondary N) is 1. The minimum absolute atomic E-state index is 0.0827. The first-order valence-corrected chi connectivity index (χ1v) is 6.83. The highest BCUT2D eigenvalue weighted by atomic mass is 19.1. The lowest BCUT2D eigenvalue weighted by Crippen LogP contribution is -2.36. The largest absolute Gasteiger partial charge is 0.391 e. The van der Waals surface area contributed by atoms with Gasteiger partial charge < -0.3 is 10.4 Å². The van der Waals surface area contributed by atoms with Gasteiger partial charge in [0, 0.05) is 23.3 Å². The molecule has 1 fully saturated rings. The van der Waals surface area contributed by atoms with Gasteiger partial charge in [0.1, 0.15) is 11.3 Å².